The van der Waals surface area contributed by atoms with Crippen molar-refractivity contribution in [2.75, 3.05) is 0 Å². The standard InChI is InChI=1S/C18H21ClN2O/c1-11(20)13-5-2-3-8-16(13)21-18(22)17-14(12-9-10-12)6-4-7-15(17)19/h4,6-7,12,20H,2-3,5,8-10H2,1H3,(H,21,22). The van der Waals surface area contributed by atoms with Gasteiger partial charge in [0.25, 0.3) is 5.91 Å². The topological polar surface area (TPSA) is 53.0 Å². The van der Waals surface area contributed by atoms with Crippen LogP contribution in [-0.2, 0) is 0 Å². The van der Waals surface area contributed by atoms with Gasteiger partial charge in [-0.2, -0.15) is 0 Å². The van der Waals surface area contributed by atoms with Gasteiger partial charge in [-0.15, -0.1) is 0 Å². The molecule has 116 valence electrons. The number of carbonyl (C=O) groups is 1. The van der Waals surface area contributed by atoms with E-state index in [0.717, 1.165) is 55.4 Å². The third kappa shape index (κ3) is 3.09. The molecule has 3 rings (SSSR count). The second kappa shape index (κ2) is 6.25. The average molecular weight is 317 g/mol. The summed E-state index contributed by atoms with van der Waals surface area (Å²) in [7, 11) is 0. The number of rotatable bonds is 4. The van der Waals surface area contributed by atoms with Crippen LogP contribution in [0, 0.1) is 5.41 Å². The van der Waals surface area contributed by atoms with Crippen molar-refractivity contribution in [3.8, 4) is 0 Å². The number of halogens is 1. The fraction of sp³-hybridized carbons (Fsp3) is 0.444. The molecule has 0 radical (unpaired) electrons. The maximum atomic E-state index is 12.8. The predicted molar refractivity (Wildman–Crippen MR) is 89.8 cm³/mol. The Balaban J connectivity index is 1.90. The molecule has 0 unspecified atom stereocenters. The van der Waals surface area contributed by atoms with Crippen LogP contribution in [0.15, 0.2) is 29.5 Å². The number of allylic oxidation sites excluding steroid dienone is 2. The predicted octanol–water partition coefficient (Wildman–Crippen LogP) is 4.81. The highest BCUT2D eigenvalue weighted by atomic mass is 35.5. The first-order valence-electron chi connectivity index (χ1n) is 7.95. The Bertz CT molecular complexity index is 659. The highest BCUT2D eigenvalue weighted by Gasteiger charge is 2.29. The first kappa shape index (κ1) is 15.3. The van der Waals surface area contributed by atoms with E-state index in [0.29, 0.717) is 22.2 Å². The molecule has 2 aliphatic rings. The van der Waals surface area contributed by atoms with Gasteiger partial charge in [-0.25, -0.2) is 0 Å². The second-order valence-corrected chi connectivity index (χ2v) is 6.63. The summed E-state index contributed by atoms with van der Waals surface area (Å²) in [4.78, 5) is 12.8. The fourth-order valence-electron chi connectivity index (χ4n) is 3.17. The minimum Gasteiger partial charge on any atom is -0.325 e. The third-order valence-corrected chi connectivity index (χ3v) is 4.79. The Morgan fingerprint density at radius 1 is 1.27 bits per heavy atom. The summed E-state index contributed by atoms with van der Waals surface area (Å²) >= 11 is 6.29. The van der Waals surface area contributed by atoms with Crippen molar-refractivity contribution in [3.05, 3.63) is 45.6 Å². The van der Waals surface area contributed by atoms with Gasteiger partial charge in [0.1, 0.15) is 0 Å². The van der Waals surface area contributed by atoms with Crippen molar-refractivity contribution in [1.82, 2.24) is 5.32 Å². The fourth-order valence-corrected chi connectivity index (χ4v) is 3.44. The van der Waals surface area contributed by atoms with Gasteiger partial charge in [0, 0.05) is 11.4 Å². The molecule has 1 aromatic rings. The van der Waals surface area contributed by atoms with E-state index in [1.54, 1.807) is 13.0 Å². The van der Waals surface area contributed by atoms with Crippen LogP contribution >= 0.6 is 11.6 Å². The molecular weight excluding hydrogens is 296 g/mol. The molecular formula is C18H21ClN2O. The number of hydrogen-bond donors (Lipinski definition) is 2. The highest BCUT2D eigenvalue weighted by molar-refractivity contribution is 6.34. The summed E-state index contributed by atoms with van der Waals surface area (Å²) in [5, 5.41) is 11.5. The lowest BCUT2D eigenvalue weighted by molar-refractivity contribution is 0.0962. The maximum Gasteiger partial charge on any atom is 0.257 e. The van der Waals surface area contributed by atoms with Crippen LogP contribution in [0.25, 0.3) is 0 Å². The Morgan fingerprint density at radius 3 is 2.68 bits per heavy atom. The molecule has 2 N–H and O–H groups in total. The zero-order valence-electron chi connectivity index (χ0n) is 12.8. The maximum absolute atomic E-state index is 12.8. The summed E-state index contributed by atoms with van der Waals surface area (Å²) in [5.41, 5.74) is 4.13. The lowest BCUT2D eigenvalue weighted by Gasteiger charge is -2.21. The molecule has 2 aliphatic carbocycles. The van der Waals surface area contributed by atoms with Gasteiger partial charge in [-0.05, 0) is 68.6 Å². The SMILES string of the molecule is CC(=N)C1=C(NC(=O)c2c(Cl)cccc2C2CC2)CCCC1. The lowest BCUT2D eigenvalue weighted by Crippen LogP contribution is -2.28. The van der Waals surface area contributed by atoms with Crippen molar-refractivity contribution in [2.24, 2.45) is 0 Å². The van der Waals surface area contributed by atoms with E-state index in [9.17, 15) is 4.79 Å². The highest BCUT2D eigenvalue weighted by Crippen LogP contribution is 2.43. The van der Waals surface area contributed by atoms with Crippen LogP contribution in [0.1, 0.15) is 67.3 Å². The Hall–Kier alpha value is -1.61. The van der Waals surface area contributed by atoms with E-state index in [2.05, 4.69) is 5.32 Å². The van der Waals surface area contributed by atoms with E-state index < -0.39 is 0 Å². The van der Waals surface area contributed by atoms with Gasteiger partial charge in [-0.1, -0.05) is 23.7 Å². The van der Waals surface area contributed by atoms with E-state index in [1.165, 1.54) is 0 Å². The number of amides is 1. The van der Waals surface area contributed by atoms with Crippen LogP contribution in [0.4, 0.5) is 0 Å². The van der Waals surface area contributed by atoms with Crippen LogP contribution in [0.5, 0.6) is 0 Å². The molecule has 1 amide bonds. The Morgan fingerprint density at radius 2 is 2.00 bits per heavy atom. The smallest absolute Gasteiger partial charge is 0.257 e. The number of hydrogen-bond acceptors (Lipinski definition) is 2. The lowest BCUT2D eigenvalue weighted by atomic mass is 9.93. The second-order valence-electron chi connectivity index (χ2n) is 6.22. The van der Waals surface area contributed by atoms with E-state index >= 15 is 0 Å². The molecule has 1 saturated carbocycles. The van der Waals surface area contributed by atoms with Gasteiger partial charge in [0.15, 0.2) is 0 Å². The minimum atomic E-state index is -0.122. The summed E-state index contributed by atoms with van der Waals surface area (Å²) in [5.74, 6) is 0.354. The first-order valence-corrected chi connectivity index (χ1v) is 8.33. The molecule has 0 atom stereocenters. The molecule has 3 nitrogen and oxygen atoms in total. The summed E-state index contributed by atoms with van der Waals surface area (Å²) in [6.45, 7) is 1.79. The quantitative estimate of drug-likeness (QED) is 0.769. The van der Waals surface area contributed by atoms with Gasteiger partial charge in [-0.3, -0.25) is 4.79 Å². The molecule has 0 bridgehead atoms. The van der Waals surface area contributed by atoms with Gasteiger partial charge >= 0.3 is 0 Å². The number of benzene rings is 1. The normalized spacial score (nSPS) is 18.3. The average Bonchev–Trinajstić information content (AvgIpc) is 3.31. The van der Waals surface area contributed by atoms with E-state index in [4.69, 9.17) is 17.0 Å². The summed E-state index contributed by atoms with van der Waals surface area (Å²) in [6, 6.07) is 5.71. The van der Waals surface area contributed by atoms with E-state index in [-0.39, 0.29) is 5.91 Å². The zero-order valence-corrected chi connectivity index (χ0v) is 13.6. The minimum absolute atomic E-state index is 0.122. The summed E-state index contributed by atoms with van der Waals surface area (Å²) < 4.78 is 0. The monoisotopic (exact) mass is 316 g/mol. The Labute approximate surface area is 136 Å². The van der Waals surface area contributed by atoms with Crippen molar-refractivity contribution < 1.29 is 4.79 Å². The van der Waals surface area contributed by atoms with Crippen LogP contribution in [0.3, 0.4) is 0 Å². The van der Waals surface area contributed by atoms with Crippen molar-refractivity contribution in [3.63, 3.8) is 0 Å². The molecule has 4 heteroatoms. The van der Waals surface area contributed by atoms with Gasteiger partial charge in [0.2, 0.25) is 0 Å². The third-order valence-electron chi connectivity index (χ3n) is 4.47. The van der Waals surface area contributed by atoms with Crippen molar-refractivity contribution in [2.45, 2.75) is 51.4 Å². The number of nitrogens with one attached hydrogen (secondary N) is 2. The van der Waals surface area contributed by atoms with Crippen LogP contribution < -0.4 is 5.32 Å². The molecule has 22 heavy (non-hydrogen) atoms. The molecule has 0 spiro atoms. The number of carbonyl (C=O) groups excluding carboxylic acids is 1. The van der Waals surface area contributed by atoms with Crippen molar-refractivity contribution in [1.29, 1.82) is 5.41 Å². The molecule has 1 aromatic carbocycles. The van der Waals surface area contributed by atoms with Crippen molar-refractivity contribution >= 4 is 23.2 Å². The Kier molecular flexibility index (Phi) is 4.34. The van der Waals surface area contributed by atoms with E-state index in [1.807, 2.05) is 12.1 Å². The molecule has 0 heterocycles. The summed E-state index contributed by atoms with van der Waals surface area (Å²) in [6.07, 6.45) is 6.13. The molecule has 1 fully saturated rings. The van der Waals surface area contributed by atoms with Crippen LogP contribution in [-0.4, -0.2) is 11.6 Å². The molecule has 0 aromatic heterocycles. The van der Waals surface area contributed by atoms with Gasteiger partial charge in [0.05, 0.1) is 10.6 Å². The zero-order chi connectivity index (χ0) is 15.7. The van der Waals surface area contributed by atoms with Gasteiger partial charge < -0.3 is 10.7 Å². The van der Waals surface area contributed by atoms with Crippen LogP contribution in [0.2, 0.25) is 5.02 Å². The first-order chi connectivity index (χ1) is 10.6. The molecule has 0 saturated heterocycles. The largest absolute Gasteiger partial charge is 0.325 e. The molecule has 0 aliphatic heterocycles.